The Hall–Kier alpha value is 0.605. The lowest BCUT2D eigenvalue weighted by Crippen LogP contribution is -2.27. The van der Waals surface area contributed by atoms with Crippen molar-refractivity contribution in [1.82, 2.24) is 4.81 Å². The first-order valence-corrected chi connectivity index (χ1v) is 3.70. The lowest BCUT2D eigenvalue weighted by molar-refractivity contribution is 0.556. The molecule has 4 heteroatoms. The second-order valence-electron chi connectivity index (χ2n) is 2.02. The van der Waals surface area contributed by atoms with Gasteiger partial charge in [-0.1, -0.05) is 0 Å². The fraction of sp³-hybridized carbons (Fsp3) is 1.00. The van der Waals surface area contributed by atoms with Crippen molar-refractivity contribution in [1.29, 1.82) is 0 Å². The van der Waals surface area contributed by atoms with Gasteiger partial charge in [0.15, 0.2) is 0 Å². The molecule has 1 aliphatic rings. The van der Waals surface area contributed by atoms with Crippen LogP contribution in [0, 0.1) is 0 Å². The van der Waals surface area contributed by atoms with Crippen molar-refractivity contribution in [3.63, 3.8) is 0 Å². The zero-order chi connectivity index (χ0) is 5.98. The van der Waals surface area contributed by atoms with Crippen LogP contribution in [0.25, 0.3) is 0 Å². The van der Waals surface area contributed by atoms with Crippen LogP contribution in [0.1, 0.15) is 12.8 Å². The molecule has 8 heavy (non-hydrogen) atoms. The molecule has 1 aliphatic heterocycles. The zero-order valence-corrected chi connectivity index (χ0v) is 6.12. The van der Waals surface area contributed by atoms with Gasteiger partial charge in [0.25, 0.3) is 0 Å². The van der Waals surface area contributed by atoms with E-state index < -0.39 is 0 Å². The van der Waals surface area contributed by atoms with E-state index in [1.54, 1.807) is 0 Å². The summed E-state index contributed by atoms with van der Waals surface area (Å²) in [6.45, 7) is 2.13. The van der Waals surface area contributed by atoms with E-state index >= 15 is 0 Å². The highest BCUT2D eigenvalue weighted by Gasteiger charge is 2.20. The van der Waals surface area contributed by atoms with Gasteiger partial charge in [0, 0.05) is 0 Å². The van der Waals surface area contributed by atoms with Crippen LogP contribution in [-0.4, -0.2) is 23.6 Å². The van der Waals surface area contributed by atoms with Gasteiger partial charge in [0.1, 0.15) is 0 Å². The number of nitrogens with zero attached hydrogens (tertiary/aromatic N) is 1. The molecular weight excluding hydrogens is 144 g/mol. The summed E-state index contributed by atoms with van der Waals surface area (Å²) in [5, 5.41) is 0. The van der Waals surface area contributed by atoms with E-state index in [-0.39, 0.29) is 5.68 Å². The molecule has 0 aliphatic carbocycles. The highest BCUT2D eigenvalue weighted by atomic mass is 35.5. The smallest absolute Gasteiger partial charge is 0.315 e. The van der Waals surface area contributed by atoms with E-state index in [2.05, 4.69) is 4.81 Å². The largest absolute Gasteiger partial charge is 0.434 e. The topological polar surface area (TPSA) is 3.24 Å². The number of halogens is 2. The average Bonchev–Trinajstić information content (AvgIpc) is 2.12. The molecular formula is C4H8BCl2N. The SMILES string of the molecule is ClB(Cl)N1CCCC1. The normalized spacial score (nSPS) is 21.8. The van der Waals surface area contributed by atoms with Crippen molar-refractivity contribution in [3.05, 3.63) is 0 Å². The van der Waals surface area contributed by atoms with Crippen molar-refractivity contribution >= 4 is 28.6 Å². The number of hydrogen-bond acceptors (Lipinski definition) is 1. The van der Waals surface area contributed by atoms with Crippen molar-refractivity contribution in [2.75, 3.05) is 13.1 Å². The monoisotopic (exact) mass is 151 g/mol. The summed E-state index contributed by atoms with van der Waals surface area (Å²) in [7, 11) is 0. The summed E-state index contributed by atoms with van der Waals surface area (Å²) in [5.41, 5.74) is -0.280. The third kappa shape index (κ3) is 1.54. The van der Waals surface area contributed by atoms with Crippen LogP contribution in [0.2, 0.25) is 0 Å². The summed E-state index contributed by atoms with van der Waals surface area (Å²) in [5.74, 6) is 0. The maximum absolute atomic E-state index is 5.58. The molecule has 0 spiro atoms. The van der Waals surface area contributed by atoms with Crippen LogP contribution in [0.3, 0.4) is 0 Å². The molecule has 0 saturated carbocycles. The first-order chi connectivity index (χ1) is 3.80. The van der Waals surface area contributed by atoms with Crippen LogP contribution in [-0.2, 0) is 0 Å². The summed E-state index contributed by atoms with van der Waals surface area (Å²) >= 11 is 11.2. The molecule has 1 saturated heterocycles. The van der Waals surface area contributed by atoms with Crippen LogP contribution >= 0.6 is 22.9 Å². The molecule has 0 amide bonds. The van der Waals surface area contributed by atoms with Crippen LogP contribution < -0.4 is 0 Å². The van der Waals surface area contributed by atoms with Gasteiger partial charge in [-0.2, -0.15) is 0 Å². The predicted molar refractivity (Wildman–Crippen MR) is 38.3 cm³/mol. The molecule has 1 heterocycles. The third-order valence-electron chi connectivity index (χ3n) is 1.42. The van der Waals surface area contributed by atoms with E-state index in [4.69, 9.17) is 22.9 Å². The van der Waals surface area contributed by atoms with E-state index in [1.807, 2.05) is 0 Å². The van der Waals surface area contributed by atoms with E-state index in [9.17, 15) is 0 Å². The molecule has 0 unspecified atom stereocenters. The van der Waals surface area contributed by atoms with Crippen molar-refractivity contribution in [2.45, 2.75) is 12.8 Å². The maximum atomic E-state index is 5.58. The predicted octanol–water partition coefficient (Wildman–Crippen LogP) is 1.54. The van der Waals surface area contributed by atoms with Crippen molar-refractivity contribution in [3.8, 4) is 0 Å². The van der Waals surface area contributed by atoms with Gasteiger partial charge >= 0.3 is 5.68 Å². The quantitative estimate of drug-likeness (QED) is 0.515. The minimum atomic E-state index is -0.280. The number of rotatable bonds is 1. The molecule has 0 aromatic heterocycles. The lowest BCUT2D eigenvalue weighted by Gasteiger charge is -2.10. The minimum absolute atomic E-state index is 0.280. The second kappa shape index (κ2) is 2.95. The summed E-state index contributed by atoms with van der Waals surface area (Å²) in [6, 6.07) is 0. The zero-order valence-electron chi connectivity index (χ0n) is 4.61. The Bertz CT molecular complexity index is 72.4. The Balaban J connectivity index is 2.24. The molecule has 1 fully saturated rings. The van der Waals surface area contributed by atoms with Gasteiger partial charge < -0.3 is 4.81 Å². The minimum Gasteiger partial charge on any atom is -0.315 e. The fourth-order valence-electron chi connectivity index (χ4n) is 0.937. The lowest BCUT2D eigenvalue weighted by atomic mass is 10.3. The highest BCUT2D eigenvalue weighted by Crippen LogP contribution is 2.13. The average molecular weight is 152 g/mol. The van der Waals surface area contributed by atoms with Crippen molar-refractivity contribution in [2.24, 2.45) is 0 Å². The second-order valence-corrected chi connectivity index (χ2v) is 3.07. The van der Waals surface area contributed by atoms with Gasteiger partial charge in [-0.05, 0) is 25.9 Å². The van der Waals surface area contributed by atoms with Gasteiger partial charge in [-0.3, -0.25) is 0 Å². The first kappa shape index (κ1) is 6.72. The fourth-order valence-corrected chi connectivity index (χ4v) is 1.33. The maximum Gasteiger partial charge on any atom is 0.434 e. The van der Waals surface area contributed by atoms with Crippen molar-refractivity contribution < 1.29 is 0 Å². The van der Waals surface area contributed by atoms with Crippen LogP contribution in [0.4, 0.5) is 0 Å². The van der Waals surface area contributed by atoms with E-state index in [0.717, 1.165) is 13.1 Å². The Morgan fingerprint density at radius 3 is 1.88 bits per heavy atom. The molecule has 46 valence electrons. The molecule has 1 nitrogen and oxygen atoms in total. The van der Waals surface area contributed by atoms with Gasteiger partial charge in [0.2, 0.25) is 0 Å². The molecule has 0 radical (unpaired) electrons. The molecule has 1 rings (SSSR count). The number of hydrogen-bond donors (Lipinski definition) is 0. The molecule has 0 aromatic rings. The summed E-state index contributed by atoms with van der Waals surface area (Å²) in [6.07, 6.45) is 2.49. The molecule has 0 N–H and O–H groups in total. The van der Waals surface area contributed by atoms with Crippen LogP contribution in [0.5, 0.6) is 0 Å². The standard InChI is InChI=1S/C4H8BCl2N/c6-5(7)8-3-1-2-4-8/h1-4H2. The summed E-state index contributed by atoms with van der Waals surface area (Å²) in [4.78, 5) is 2.06. The molecule has 0 bridgehead atoms. The highest BCUT2D eigenvalue weighted by molar-refractivity contribution is 7.32. The Morgan fingerprint density at radius 1 is 1.12 bits per heavy atom. The van der Waals surface area contributed by atoms with Gasteiger partial charge in [-0.15, -0.1) is 22.9 Å². The van der Waals surface area contributed by atoms with Crippen LogP contribution in [0.15, 0.2) is 0 Å². The molecule has 0 aromatic carbocycles. The summed E-state index contributed by atoms with van der Waals surface area (Å²) < 4.78 is 0. The Morgan fingerprint density at radius 2 is 1.62 bits per heavy atom. The van der Waals surface area contributed by atoms with Gasteiger partial charge in [0.05, 0.1) is 0 Å². The van der Waals surface area contributed by atoms with Gasteiger partial charge in [-0.25, -0.2) is 0 Å². The Labute approximate surface area is 59.9 Å². The molecule has 0 atom stereocenters. The Kier molecular flexibility index (Phi) is 2.48. The first-order valence-electron chi connectivity index (χ1n) is 2.83. The van der Waals surface area contributed by atoms with E-state index in [1.165, 1.54) is 12.8 Å². The third-order valence-corrected chi connectivity index (χ3v) is 1.97. The van der Waals surface area contributed by atoms with E-state index in [0.29, 0.717) is 0 Å².